The molecule has 0 bridgehead atoms. The first-order valence-electron chi connectivity index (χ1n) is 11.0. The average molecular weight is 485 g/mol. The van der Waals surface area contributed by atoms with Gasteiger partial charge in [0.25, 0.3) is 5.91 Å². The highest BCUT2D eigenvalue weighted by Crippen LogP contribution is 2.37. The van der Waals surface area contributed by atoms with E-state index in [0.29, 0.717) is 27.7 Å². The van der Waals surface area contributed by atoms with Gasteiger partial charge in [0, 0.05) is 11.8 Å². The van der Waals surface area contributed by atoms with E-state index in [9.17, 15) is 9.59 Å². The van der Waals surface area contributed by atoms with Gasteiger partial charge in [0.2, 0.25) is 0 Å². The van der Waals surface area contributed by atoms with Crippen LogP contribution in [0.15, 0.2) is 66.7 Å². The number of nitrogens with zero attached hydrogens (tertiary/aromatic N) is 3. The monoisotopic (exact) mass is 484 g/mol. The second-order valence-corrected chi connectivity index (χ2v) is 10.4. The van der Waals surface area contributed by atoms with Crippen molar-refractivity contribution in [2.45, 2.75) is 25.7 Å². The fourth-order valence-electron chi connectivity index (χ4n) is 4.41. The largest absolute Gasteiger partial charge is 0.297 e. The van der Waals surface area contributed by atoms with E-state index in [0.717, 1.165) is 32.9 Å². The van der Waals surface area contributed by atoms with E-state index in [1.165, 1.54) is 22.7 Å². The van der Waals surface area contributed by atoms with Gasteiger partial charge in [-0.3, -0.25) is 14.9 Å². The van der Waals surface area contributed by atoms with Crippen LogP contribution < -0.4 is 5.32 Å². The first kappa shape index (κ1) is 20.9. The molecular formula is C26H20N4O2S2. The predicted octanol–water partition coefficient (Wildman–Crippen LogP) is 6.02. The molecule has 0 radical (unpaired) electrons. The number of aromatic nitrogens is 3. The lowest BCUT2D eigenvalue weighted by Gasteiger charge is -2.20. The van der Waals surface area contributed by atoms with Gasteiger partial charge in [0.1, 0.15) is 4.83 Å². The average Bonchev–Trinajstić information content (AvgIpc) is 3.55. The molecule has 1 amide bonds. The number of hydrogen-bond donors (Lipinski definition) is 1. The maximum atomic E-state index is 13.1. The van der Waals surface area contributed by atoms with Gasteiger partial charge in [-0.05, 0) is 43.0 Å². The molecule has 5 aromatic rings. The van der Waals surface area contributed by atoms with Gasteiger partial charge in [0.15, 0.2) is 10.9 Å². The number of thiazole rings is 1. The third-order valence-electron chi connectivity index (χ3n) is 6.08. The molecule has 0 saturated carbocycles. The third kappa shape index (κ3) is 3.65. The highest BCUT2D eigenvalue weighted by molar-refractivity contribution is 7.21. The number of carbonyl (C=O) groups excluding carboxylic acids is 2. The summed E-state index contributed by atoms with van der Waals surface area (Å²) >= 11 is 2.67. The van der Waals surface area contributed by atoms with Crippen LogP contribution in [0.5, 0.6) is 0 Å². The number of thiophene rings is 1. The maximum Gasteiger partial charge on any atom is 0.267 e. The van der Waals surface area contributed by atoms with Gasteiger partial charge in [-0.2, -0.15) is 5.10 Å². The number of ketones is 1. The van der Waals surface area contributed by atoms with Crippen molar-refractivity contribution >= 4 is 49.7 Å². The Morgan fingerprint density at radius 2 is 1.76 bits per heavy atom. The number of aryl methyl sites for hydroxylation is 1. The molecule has 6 nitrogen and oxygen atoms in total. The van der Waals surface area contributed by atoms with Gasteiger partial charge in [-0.25, -0.2) is 9.67 Å². The van der Waals surface area contributed by atoms with Gasteiger partial charge >= 0.3 is 0 Å². The fourth-order valence-corrected chi connectivity index (χ4v) is 6.42. The summed E-state index contributed by atoms with van der Waals surface area (Å²) in [5.74, 6) is -0.00902. The summed E-state index contributed by atoms with van der Waals surface area (Å²) in [6.07, 6.45) is 1.17. The number of Topliss-reactive ketones (excluding diaryl/α,β-unsaturated/α-hetero) is 1. The lowest BCUT2D eigenvalue weighted by Crippen LogP contribution is -2.17. The van der Waals surface area contributed by atoms with E-state index in [4.69, 9.17) is 0 Å². The third-order valence-corrected chi connectivity index (χ3v) is 8.25. The van der Waals surface area contributed by atoms with Crippen molar-refractivity contribution in [1.29, 1.82) is 0 Å². The molecule has 168 valence electrons. The molecule has 8 heteroatoms. The quantitative estimate of drug-likeness (QED) is 0.339. The highest BCUT2D eigenvalue weighted by Gasteiger charge is 2.30. The molecule has 6 rings (SSSR count). The number of fused-ring (bicyclic) bond motifs is 2. The standard InChI is InChI=1S/C26H20N4O2S2/c1-15-19-14-22(33-25(19)30(29-15)18-10-6-3-7-11-18)24(32)28-26-27-20-12-17(13-21(31)23(20)34-26)16-8-4-2-5-9-16/h2-11,14,17H,12-13H2,1H3,(H,27,28,32). The molecule has 0 fully saturated rings. The number of anilines is 1. The number of benzene rings is 2. The zero-order chi connectivity index (χ0) is 23.2. The number of para-hydroxylation sites is 1. The second-order valence-electron chi connectivity index (χ2n) is 8.35. The summed E-state index contributed by atoms with van der Waals surface area (Å²) in [6, 6.07) is 21.8. The predicted molar refractivity (Wildman–Crippen MR) is 136 cm³/mol. The van der Waals surface area contributed by atoms with Crippen LogP contribution >= 0.6 is 22.7 Å². The summed E-state index contributed by atoms with van der Waals surface area (Å²) < 4.78 is 1.87. The molecule has 0 spiro atoms. The van der Waals surface area contributed by atoms with Crippen molar-refractivity contribution in [3.8, 4) is 5.69 Å². The van der Waals surface area contributed by atoms with E-state index >= 15 is 0 Å². The summed E-state index contributed by atoms with van der Waals surface area (Å²) in [4.78, 5) is 32.6. The topological polar surface area (TPSA) is 76.9 Å². The van der Waals surface area contributed by atoms with E-state index in [1.54, 1.807) is 0 Å². The summed E-state index contributed by atoms with van der Waals surface area (Å²) in [6.45, 7) is 1.94. The molecule has 3 aromatic heterocycles. The Morgan fingerprint density at radius 3 is 2.53 bits per heavy atom. The molecular weight excluding hydrogens is 464 g/mol. The zero-order valence-electron chi connectivity index (χ0n) is 18.3. The number of amides is 1. The number of rotatable bonds is 4. The van der Waals surface area contributed by atoms with Gasteiger partial charge < -0.3 is 0 Å². The van der Waals surface area contributed by atoms with E-state index in [2.05, 4.69) is 27.5 Å². The highest BCUT2D eigenvalue weighted by atomic mass is 32.1. The lowest BCUT2D eigenvalue weighted by atomic mass is 9.85. The Labute approximate surface area is 203 Å². The van der Waals surface area contributed by atoms with Crippen LogP contribution in [0, 0.1) is 6.92 Å². The fraction of sp³-hybridized carbons (Fsp3) is 0.154. The minimum Gasteiger partial charge on any atom is -0.297 e. The first-order chi connectivity index (χ1) is 16.6. The van der Waals surface area contributed by atoms with Crippen LogP contribution in [0.25, 0.3) is 15.9 Å². The normalized spacial score (nSPS) is 15.4. The number of carbonyl (C=O) groups is 2. The van der Waals surface area contributed by atoms with Gasteiger partial charge in [0.05, 0.1) is 26.8 Å². The van der Waals surface area contributed by atoms with E-state index < -0.39 is 0 Å². The van der Waals surface area contributed by atoms with Crippen molar-refractivity contribution in [1.82, 2.24) is 14.8 Å². The number of hydrogen-bond acceptors (Lipinski definition) is 6. The van der Waals surface area contributed by atoms with Crippen molar-refractivity contribution in [3.63, 3.8) is 0 Å². The summed E-state index contributed by atoms with van der Waals surface area (Å²) in [5, 5.41) is 8.98. The van der Waals surface area contributed by atoms with Crippen molar-refractivity contribution in [2.24, 2.45) is 0 Å². The van der Waals surface area contributed by atoms with E-state index in [1.807, 2.05) is 66.2 Å². The van der Waals surface area contributed by atoms with Gasteiger partial charge in [-0.1, -0.05) is 59.9 Å². The molecule has 2 aromatic carbocycles. The molecule has 1 aliphatic carbocycles. The molecule has 1 atom stereocenters. The second kappa shape index (κ2) is 8.30. The molecule has 1 N–H and O–H groups in total. The Hall–Kier alpha value is -3.62. The zero-order valence-corrected chi connectivity index (χ0v) is 20.0. The van der Waals surface area contributed by atoms with Crippen LogP contribution in [0.2, 0.25) is 0 Å². The Bertz CT molecular complexity index is 1530. The lowest BCUT2D eigenvalue weighted by molar-refractivity contribution is 0.0967. The van der Waals surface area contributed by atoms with E-state index in [-0.39, 0.29) is 17.6 Å². The minimum absolute atomic E-state index is 0.0912. The van der Waals surface area contributed by atoms with Crippen LogP contribution in [-0.4, -0.2) is 26.5 Å². The first-order valence-corrected chi connectivity index (χ1v) is 12.6. The Kier molecular flexibility index (Phi) is 5.12. The smallest absolute Gasteiger partial charge is 0.267 e. The van der Waals surface area contributed by atoms with Crippen LogP contribution in [0.1, 0.15) is 48.6 Å². The molecule has 0 aliphatic heterocycles. The molecule has 34 heavy (non-hydrogen) atoms. The SMILES string of the molecule is Cc1nn(-c2ccccc2)c2sc(C(=O)Nc3nc4c(s3)C(=O)CC(c3ccccc3)C4)cc12. The Balaban J connectivity index is 1.26. The van der Waals surface area contributed by atoms with Crippen molar-refractivity contribution in [3.05, 3.63) is 93.4 Å². The molecule has 3 heterocycles. The Morgan fingerprint density at radius 1 is 1.03 bits per heavy atom. The molecule has 0 saturated heterocycles. The van der Waals surface area contributed by atoms with Gasteiger partial charge in [-0.15, -0.1) is 11.3 Å². The number of nitrogens with one attached hydrogen (secondary N) is 1. The summed E-state index contributed by atoms with van der Waals surface area (Å²) in [5.41, 5.74) is 3.75. The molecule has 1 aliphatic rings. The van der Waals surface area contributed by atoms with Crippen molar-refractivity contribution < 1.29 is 9.59 Å². The summed E-state index contributed by atoms with van der Waals surface area (Å²) in [7, 11) is 0. The van der Waals surface area contributed by atoms with Crippen molar-refractivity contribution in [2.75, 3.05) is 5.32 Å². The minimum atomic E-state index is -0.224. The maximum absolute atomic E-state index is 13.1. The van der Waals surface area contributed by atoms with Crippen LogP contribution in [-0.2, 0) is 6.42 Å². The van der Waals surface area contributed by atoms with Crippen LogP contribution in [0.3, 0.4) is 0 Å². The molecule has 1 unspecified atom stereocenters. The van der Waals surface area contributed by atoms with Crippen LogP contribution in [0.4, 0.5) is 5.13 Å².